The first-order valence-corrected chi connectivity index (χ1v) is 7.49. The zero-order valence-electron chi connectivity index (χ0n) is 12.8. The molecule has 0 aliphatic rings. The van der Waals surface area contributed by atoms with Crippen molar-refractivity contribution in [3.8, 4) is 11.4 Å². The number of hydrogen-bond acceptors (Lipinski definition) is 4. The highest BCUT2D eigenvalue weighted by Gasteiger charge is 2.13. The number of rotatable bonds is 4. The molecule has 3 aromatic rings. The van der Waals surface area contributed by atoms with Crippen molar-refractivity contribution in [1.82, 2.24) is 19.5 Å². The molecule has 0 radical (unpaired) electrons. The minimum absolute atomic E-state index is 0.123. The first-order chi connectivity index (χ1) is 10.7. The van der Waals surface area contributed by atoms with E-state index in [1.807, 2.05) is 31.2 Å². The molecule has 0 unspecified atom stereocenters. The second-order valence-electron chi connectivity index (χ2n) is 5.34. The number of unbranched alkanes of at least 4 members (excludes halogenated alkanes) is 1. The van der Waals surface area contributed by atoms with Gasteiger partial charge in [-0.15, -0.1) is 0 Å². The maximum atomic E-state index is 12.7. The fourth-order valence-corrected chi connectivity index (χ4v) is 2.39. The molecule has 0 spiro atoms. The molecule has 0 bridgehead atoms. The number of benzene rings is 1. The zero-order valence-corrected chi connectivity index (χ0v) is 12.8. The van der Waals surface area contributed by atoms with Crippen LogP contribution in [-0.4, -0.2) is 19.5 Å². The van der Waals surface area contributed by atoms with Crippen LogP contribution in [0.3, 0.4) is 0 Å². The van der Waals surface area contributed by atoms with Crippen molar-refractivity contribution in [2.45, 2.75) is 33.2 Å². The Labute approximate surface area is 128 Å². The van der Waals surface area contributed by atoms with Crippen molar-refractivity contribution in [1.29, 1.82) is 0 Å². The van der Waals surface area contributed by atoms with E-state index in [4.69, 9.17) is 0 Å². The van der Waals surface area contributed by atoms with Crippen LogP contribution in [0.5, 0.6) is 0 Å². The molecule has 0 atom stereocenters. The number of aromatic nitrogens is 4. The van der Waals surface area contributed by atoms with E-state index in [-0.39, 0.29) is 5.56 Å². The largest absolute Gasteiger partial charge is 0.291 e. The lowest BCUT2D eigenvalue weighted by atomic mass is 10.1. The van der Waals surface area contributed by atoms with Gasteiger partial charge in [-0.2, -0.15) is 0 Å². The van der Waals surface area contributed by atoms with E-state index in [1.54, 1.807) is 10.8 Å². The molecule has 0 saturated carbocycles. The standard InChI is InChI=1S/C17H18N4O/c1-3-4-11-21-16(13-7-5-12(2)6-8-13)20-15-14(17(21)22)18-9-10-19-15/h5-10H,3-4,11H2,1-2H3. The van der Waals surface area contributed by atoms with Gasteiger partial charge in [-0.25, -0.2) is 15.0 Å². The van der Waals surface area contributed by atoms with Crippen LogP contribution < -0.4 is 5.56 Å². The molecule has 112 valence electrons. The fraction of sp³-hybridized carbons (Fsp3) is 0.294. The van der Waals surface area contributed by atoms with E-state index in [1.165, 1.54) is 11.8 Å². The molecule has 0 amide bonds. The second kappa shape index (κ2) is 6.05. The van der Waals surface area contributed by atoms with Gasteiger partial charge in [0.25, 0.3) is 5.56 Å². The molecule has 0 N–H and O–H groups in total. The van der Waals surface area contributed by atoms with Gasteiger partial charge in [0.1, 0.15) is 5.82 Å². The number of aryl methyl sites for hydroxylation is 1. The van der Waals surface area contributed by atoms with Crippen molar-refractivity contribution in [3.05, 3.63) is 52.6 Å². The predicted molar refractivity (Wildman–Crippen MR) is 86.7 cm³/mol. The summed E-state index contributed by atoms with van der Waals surface area (Å²) in [7, 11) is 0. The van der Waals surface area contributed by atoms with E-state index >= 15 is 0 Å². The first-order valence-electron chi connectivity index (χ1n) is 7.49. The molecule has 2 aromatic heterocycles. The quantitative estimate of drug-likeness (QED) is 0.742. The molecule has 0 saturated heterocycles. The molecule has 1 aromatic carbocycles. The van der Waals surface area contributed by atoms with Crippen LogP contribution in [0.2, 0.25) is 0 Å². The molecule has 3 rings (SSSR count). The van der Waals surface area contributed by atoms with Gasteiger partial charge in [-0.3, -0.25) is 9.36 Å². The van der Waals surface area contributed by atoms with Crippen molar-refractivity contribution in [2.75, 3.05) is 0 Å². The van der Waals surface area contributed by atoms with Gasteiger partial charge < -0.3 is 0 Å². The Morgan fingerprint density at radius 1 is 1.09 bits per heavy atom. The summed E-state index contributed by atoms with van der Waals surface area (Å²) in [6.07, 6.45) is 5.02. The Kier molecular flexibility index (Phi) is 3.96. The minimum atomic E-state index is -0.123. The van der Waals surface area contributed by atoms with E-state index in [0.29, 0.717) is 23.5 Å². The molecular weight excluding hydrogens is 276 g/mol. The Bertz CT molecular complexity index is 853. The van der Waals surface area contributed by atoms with Gasteiger partial charge in [-0.1, -0.05) is 43.2 Å². The third kappa shape index (κ3) is 2.62. The minimum Gasteiger partial charge on any atom is -0.291 e. The van der Waals surface area contributed by atoms with E-state index in [2.05, 4.69) is 21.9 Å². The monoisotopic (exact) mass is 294 g/mol. The van der Waals surface area contributed by atoms with Gasteiger partial charge in [-0.05, 0) is 13.3 Å². The molecule has 5 nitrogen and oxygen atoms in total. The maximum Gasteiger partial charge on any atom is 0.281 e. The molecule has 0 aliphatic heterocycles. The summed E-state index contributed by atoms with van der Waals surface area (Å²) in [6, 6.07) is 8.02. The van der Waals surface area contributed by atoms with Crippen molar-refractivity contribution in [2.24, 2.45) is 0 Å². The third-order valence-electron chi connectivity index (χ3n) is 3.64. The van der Waals surface area contributed by atoms with Crippen LogP contribution in [0, 0.1) is 6.92 Å². The van der Waals surface area contributed by atoms with Gasteiger partial charge in [0.05, 0.1) is 0 Å². The van der Waals surface area contributed by atoms with E-state index in [9.17, 15) is 4.79 Å². The smallest absolute Gasteiger partial charge is 0.281 e. The topological polar surface area (TPSA) is 60.7 Å². The first kappa shape index (κ1) is 14.4. The zero-order chi connectivity index (χ0) is 15.5. The molecule has 0 aliphatic carbocycles. The third-order valence-corrected chi connectivity index (χ3v) is 3.64. The average molecular weight is 294 g/mol. The Morgan fingerprint density at radius 3 is 2.55 bits per heavy atom. The number of fused-ring (bicyclic) bond motifs is 1. The van der Waals surface area contributed by atoms with Crippen LogP contribution in [0.4, 0.5) is 0 Å². The predicted octanol–water partition coefficient (Wildman–Crippen LogP) is 2.96. The summed E-state index contributed by atoms with van der Waals surface area (Å²) >= 11 is 0. The SMILES string of the molecule is CCCCn1c(-c2ccc(C)cc2)nc2nccnc2c1=O. The summed E-state index contributed by atoms with van der Waals surface area (Å²) < 4.78 is 1.71. The van der Waals surface area contributed by atoms with Crippen LogP contribution in [0.15, 0.2) is 41.5 Å². The summed E-state index contributed by atoms with van der Waals surface area (Å²) in [4.78, 5) is 25.6. The van der Waals surface area contributed by atoms with Gasteiger partial charge in [0.2, 0.25) is 0 Å². The van der Waals surface area contributed by atoms with Gasteiger partial charge >= 0.3 is 0 Å². The van der Waals surface area contributed by atoms with E-state index in [0.717, 1.165) is 18.4 Å². The van der Waals surface area contributed by atoms with Crippen LogP contribution in [0.25, 0.3) is 22.6 Å². The highest BCUT2D eigenvalue weighted by atomic mass is 16.1. The summed E-state index contributed by atoms with van der Waals surface area (Å²) in [5.74, 6) is 0.659. The van der Waals surface area contributed by atoms with Crippen molar-refractivity contribution >= 4 is 11.2 Å². The van der Waals surface area contributed by atoms with E-state index < -0.39 is 0 Å². The van der Waals surface area contributed by atoms with Crippen LogP contribution >= 0.6 is 0 Å². The average Bonchev–Trinajstić information content (AvgIpc) is 2.55. The lowest BCUT2D eigenvalue weighted by Crippen LogP contribution is -2.24. The van der Waals surface area contributed by atoms with Gasteiger partial charge in [0, 0.05) is 24.5 Å². The fourth-order valence-electron chi connectivity index (χ4n) is 2.39. The normalized spacial score (nSPS) is 11.0. The maximum absolute atomic E-state index is 12.7. The lowest BCUT2D eigenvalue weighted by Gasteiger charge is -2.12. The Hall–Kier alpha value is -2.56. The Balaban J connectivity index is 2.26. The second-order valence-corrected chi connectivity index (χ2v) is 5.34. The molecule has 2 heterocycles. The lowest BCUT2D eigenvalue weighted by molar-refractivity contribution is 0.613. The van der Waals surface area contributed by atoms with Crippen LogP contribution in [-0.2, 0) is 6.54 Å². The summed E-state index contributed by atoms with van der Waals surface area (Å²) in [5.41, 5.74) is 2.70. The van der Waals surface area contributed by atoms with Crippen molar-refractivity contribution < 1.29 is 0 Å². The summed E-state index contributed by atoms with van der Waals surface area (Å²) in [6.45, 7) is 4.77. The summed E-state index contributed by atoms with van der Waals surface area (Å²) in [5, 5.41) is 0. The van der Waals surface area contributed by atoms with Crippen LogP contribution in [0.1, 0.15) is 25.3 Å². The molecular formula is C17H18N4O. The highest BCUT2D eigenvalue weighted by molar-refractivity contribution is 5.71. The van der Waals surface area contributed by atoms with Crippen molar-refractivity contribution in [3.63, 3.8) is 0 Å². The molecule has 22 heavy (non-hydrogen) atoms. The molecule has 5 heteroatoms. The molecule has 0 fully saturated rings. The number of nitrogens with zero attached hydrogens (tertiary/aromatic N) is 4. The Morgan fingerprint density at radius 2 is 1.82 bits per heavy atom. The number of hydrogen-bond donors (Lipinski definition) is 0. The highest BCUT2D eigenvalue weighted by Crippen LogP contribution is 2.18. The van der Waals surface area contributed by atoms with Gasteiger partial charge in [0.15, 0.2) is 11.2 Å².